The number of aliphatic carboxylic acids is 1. The van der Waals surface area contributed by atoms with Gasteiger partial charge in [0, 0.05) is 18.8 Å². The highest BCUT2D eigenvalue weighted by molar-refractivity contribution is 5.66. The van der Waals surface area contributed by atoms with E-state index < -0.39 is 24.3 Å². The van der Waals surface area contributed by atoms with Crippen LogP contribution >= 0.6 is 0 Å². The molecular weight excluding hydrogens is 320 g/mol. The minimum Gasteiger partial charge on any atom is -0.481 e. The van der Waals surface area contributed by atoms with Crippen LogP contribution in [0.25, 0.3) is 0 Å². The lowest BCUT2D eigenvalue weighted by Crippen LogP contribution is -2.20. The van der Waals surface area contributed by atoms with Gasteiger partial charge in [-0.2, -0.15) is 0 Å². The minimum absolute atomic E-state index is 0.152. The number of carboxylic acid groups (broad SMARTS) is 1. The summed E-state index contributed by atoms with van der Waals surface area (Å²) in [6.45, 7) is 2.11. The second kappa shape index (κ2) is 12.1. The number of carbonyl (C=O) groups is 1. The molecule has 1 rings (SSSR count). The van der Waals surface area contributed by atoms with Crippen molar-refractivity contribution in [2.45, 2.75) is 83.0 Å². The molecule has 0 spiro atoms. The summed E-state index contributed by atoms with van der Waals surface area (Å²) in [7, 11) is 0. The fourth-order valence-electron chi connectivity index (χ4n) is 3.20. The number of carboxylic acids is 1. The molecule has 25 heavy (non-hydrogen) atoms. The highest BCUT2D eigenvalue weighted by Crippen LogP contribution is 2.35. The first-order valence-electron chi connectivity index (χ1n) is 9.37. The molecule has 0 amide bonds. The Labute approximate surface area is 150 Å². The molecule has 0 heterocycles. The number of allylic oxidation sites excluding steroid dienone is 2. The molecule has 4 N–H and O–H groups in total. The van der Waals surface area contributed by atoms with Crippen LogP contribution in [0.4, 0.5) is 0 Å². The van der Waals surface area contributed by atoms with Gasteiger partial charge in [-0.25, -0.2) is 0 Å². The molecule has 0 aromatic rings. The number of rotatable bonds is 10. The van der Waals surface area contributed by atoms with E-state index in [1.807, 2.05) is 12.2 Å². The Bertz CT molecular complexity index is 476. The van der Waals surface area contributed by atoms with Gasteiger partial charge in [-0.3, -0.25) is 4.79 Å². The monoisotopic (exact) mass is 352 g/mol. The lowest BCUT2D eigenvalue weighted by Gasteiger charge is -2.17. The summed E-state index contributed by atoms with van der Waals surface area (Å²) in [6, 6.07) is 0. The fraction of sp³-hybridized carbons (Fsp3) is 0.750. The van der Waals surface area contributed by atoms with Crippen LogP contribution in [0, 0.1) is 23.7 Å². The Hall–Kier alpha value is -1.35. The molecular formula is C20H32O5. The van der Waals surface area contributed by atoms with Crippen molar-refractivity contribution in [1.82, 2.24) is 0 Å². The topological polar surface area (TPSA) is 98.0 Å². The van der Waals surface area contributed by atoms with Crippen LogP contribution in [-0.2, 0) is 4.79 Å². The summed E-state index contributed by atoms with van der Waals surface area (Å²) in [6.07, 6.45) is 7.97. The van der Waals surface area contributed by atoms with Crippen molar-refractivity contribution in [2.24, 2.45) is 11.8 Å². The van der Waals surface area contributed by atoms with Crippen molar-refractivity contribution in [3.05, 3.63) is 12.2 Å². The summed E-state index contributed by atoms with van der Waals surface area (Å²) in [5.74, 6) is 4.54. The van der Waals surface area contributed by atoms with Crippen molar-refractivity contribution in [1.29, 1.82) is 0 Å². The van der Waals surface area contributed by atoms with Crippen LogP contribution in [0.3, 0.4) is 0 Å². The van der Waals surface area contributed by atoms with Gasteiger partial charge < -0.3 is 20.4 Å². The Balaban J connectivity index is 2.50. The van der Waals surface area contributed by atoms with Crippen molar-refractivity contribution in [2.75, 3.05) is 0 Å². The van der Waals surface area contributed by atoms with Gasteiger partial charge in [-0.05, 0) is 32.1 Å². The van der Waals surface area contributed by atoms with Crippen molar-refractivity contribution < 1.29 is 25.2 Å². The van der Waals surface area contributed by atoms with Crippen LogP contribution < -0.4 is 0 Å². The first-order valence-corrected chi connectivity index (χ1v) is 9.37. The van der Waals surface area contributed by atoms with E-state index in [1.54, 1.807) is 0 Å². The lowest BCUT2D eigenvalue weighted by molar-refractivity contribution is -0.137. The molecule has 0 saturated heterocycles. The third-order valence-corrected chi connectivity index (χ3v) is 4.69. The first kappa shape index (κ1) is 21.7. The molecule has 1 aliphatic carbocycles. The third kappa shape index (κ3) is 8.53. The second-order valence-corrected chi connectivity index (χ2v) is 6.85. The molecule has 1 saturated carbocycles. The number of hydrogen-bond acceptors (Lipinski definition) is 4. The Morgan fingerprint density at radius 1 is 1.20 bits per heavy atom. The zero-order valence-corrected chi connectivity index (χ0v) is 15.1. The van der Waals surface area contributed by atoms with Gasteiger partial charge in [0.05, 0.1) is 18.1 Å². The predicted molar refractivity (Wildman–Crippen MR) is 96.8 cm³/mol. The molecule has 0 bridgehead atoms. The zero-order chi connectivity index (χ0) is 18.7. The minimum atomic E-state index is -0.796. The second-order valence-electron chi connectivity index (χ2n) is 6.85. The van der Waals surface area contributed by atoms with Gasteiger partial charge in [0.15, 0.2) is 0 Å². The summed E-state index contributed by atoms with van der Waals surface area (Å²) >= 11 is 0. The van der Waals surface area contributed by atoms with Gasteiger partial charge in [-0.1, -0.05) is 43.8 Å². The third-order valence-electron chi connectivity index (χ3n) is 4.69. The van der Waals surface area contributed by atoms with Gasteiger partial charge in [0.25, 0.3) is 0 Å². The van der Waals surface area contributed by atoms with Gasteiger partial charge in [0.1, 0.15) is 6.10 Å². The SMILES string of the molecule is CCCCC[C@@H](O)C#C[C@@H]1[C@@H](CC=CCCCC(=O)O)[C@@H](O)C[C@H]1O. The van der Waals surface area contributed by atoms with E-state index in [0.717, 1.165) is 19.3 Å². The van der Waals surface area contributed by atoms with Crippen molar-refractivity contribution >= 4 is 5.97 Å². The predicted octanol–water partition coefficient (Wildman–Crippen LogP) is 2.49. The fourth-order valence-corrected chi connectivity index (χ4v) is 3.20. The maximum absolute atomic E-state index is 10.5. The average molecular weight is 352 g/mol. The molecule has 0 aliphatic heterocycles. The quantitative estimate of drug-likeness (QED) is 0.275. The first-order chi connectivity index (χ1) is 12.0. The van der Waals surface area contributed by atoms with E-state index in [0.29, 0.717) is 32.1 Å². The summed E-state index contributed by atoms with van der Waals surface area (Å²) in [5, 5.41) is 38.8. The van der Waals surface area contributed by atoms with Crippen LogP contribution in [0.1, 0.15) is 64.7 Å². The van der Waals surface area contributed by atoms with Crippen molar-refractivity contribution in [3.63, 3.8) is 0 Å². The highest BCUT2D eigenvalue weighted by Gasteiger charge is 2.40. The Morgan fingerprint density at radius 2 is 1.96 bits per heavy atom. The maximum Gasteiger partial charge on any atom is 0.303 e. The molecule has 0 aromatic carbocycles. The van der Waals surface area contributed by atoms with Crippen LogP contribution in [0.15, 0.2) is 12.2 Å². The summed E-state index contributed by atoms with van der Waals surface area (Å²) < 4.78 is 0. The van der Waals surface area contributed by atoms with Gasteiger partial charge >= 0.3 is 5.97 Å². The zero-order valence-electron chi connectivity index (χ0n) is 15.1. The number of aliphatic hydroxyl groups is 3. The number of aliphatic hydroxyl groups excluding tert-OH is 3. The largest absolute Gasteiger partial charge is 0.481 e. The summed E-state index contributed by atoms with van der Waals surface area (Å²) in [4.78, 5) is 10.5. The Kier molecular flexibility index (Phi) is 10.5. The standard InChI is InChI=1S/C20H32O5/c1-2-3-6-9-15(21)12-13-17-16(18(22)14-19(17)23)10-7-4-5-8-11-20(24)25/h4,7,15-19,21-23H,2-3,5-6,8-11,14H2,1H3,(H,24,25)/t15-,16-,17-,18+,19-/m1/s1. The molecule has 0 radical (unpaired) electrons. The molecule has 0 aromatic heterocycles. The summed E-state index contributed by atoms with van der Waals surface area (Å²) in [5.41, 5.74) is 0. The van der Waals surface area contributed by atoms with Crippen LogP contribution in [-0.4, -0.2) is 44.7 Å². The smallest absolute Gasteiger partial charge is 0.303 e. The highest BCUT2D eigenvalue weighted by atomic mass is 16.4. The molecule has 5 atom stereocenters. The van der Waals surface area contributed by atoms with Crippen LogP contribution in [0.5, 0.6) is 0 Å². The molecule has 1 aliphatic rings. The molecule has 142 valence electrons. The lowest BCUT2D eigenvalue weighted by atomic mass is 9.90. The Morgan fingerprint density at radius 3 is 2.64 bits per heavy atom. The molecule has 0 unspecified atom stereocenters. The average Bonchev–Trinajstić information content (AvgIpc) is 2.82. The number of unbranched alkanes of at least 4 members (excludes halogenated alkanes) is 3. The van der Waals surface area contributed by atoms with Crippen molar-refractivity contribution in [3.8, 4) is 11.8 Å². The van der Waals surface area contributed by atoms with Crippen LogP contribution in [0.2, 0.25) is 0 Å². The van der Waals surface area contributed by atoms with E-state index >= 15 is 0 Å². The van der Waals surface area contributed by atoms with Gasteiger partial charge in [-0.15, -0.1) is 0 Å². The van der Waals surface area contributed by atoms with E-state index in [9.17, 15) is 20.1 Å². The molecule has 5 heteroatoms. The number of hydrogen-bond donors (Lipinski definition) is 4. The van der Waals surface area contributed by atoms with E-state index in [2.05, 4.69) is 18.8 Å². The van der Waals surface area contributed by atoms with E-state index in [4.69, 9.17) is 5.11 Å². The molecule has 1 fully saturated rings. The molecule has 5 nitrogen and oxygen atoms in total. The normalized spacial score (nSPS) is 27.2. The maximum atomic E-state index is 10.5. The van der Waals surface area contributed by atoms with E-state index in [-0.39, 0.29) is 18.3 Å². The van der Waals surface area contributed by atoms with E-state index in [1.165, 1.54) is 0 Å². The van der Waals surface area contributed by atoms with Gasteiger partial charge in [0.2, 0.25) is 0 Å².